The number of aryl methyl sites for hydroxylation is 1. The molecule has 0 aliphatic heterocycles. The summed E-state index contributed by atoms with van der Waals surface area (Å²) in [7, 11) is 0. The van der Waals surface area contributed by atoms with Gasteiger partial charge in [0.15, 0.2) is 0 Å². The van der Waals surface area contributed by atoms with E-state index in [2.05, 4.69) is 4.98 Å². The molecule has 0 aliphatic rings. The van der Waals surface area contributed by atoms with Crippen LogP contribution in [-0.2, 0) is 28.0 Å². The number of hydrogen-bond acceptors (Lipinski definition) is 3. The monoisotopic (exact) mass is 925 g/mol. The van der Waals surface area contributed by atoms with Gasteiger partial charge in [-0.15, -0.1) is 0 Å². The summed E-state index contributed by atoms with van der Waals surface area (Å²) in [5.74, 6) is -2.18. The number of rotatable bonds is 7. The number of imidazole rings is 1. The molecule has 0 unspecified atom stereocenters. The fourth-order valence-corrected chi connectivity index (χ4v) is 8.32. The van der Waals surface area contributed by atoms with Crippen LogP contribution in [0.5, 0.6) is 5.75 Å². The maximum absolute atomic E-state index is 13.2. The molecule has 68 heavy (non-hydrogen) atoms. The lowest BCUT2D eigenvalue weighted by Gasteiger charge is -2.28. The first-order chi connectivity index (χ1) is 42.0. The summed E-state index contributed by atoms with van der Waals surface area (Å²) in [6.45, 7) is -11.6. The van der Waals surface area contributed by atoms with Crippen molar-refractivity contribution in [3.05, 3.63) is 167 Å². The molecule has 4 nitrogen and oxygen atoms in total. The zero-order valence-corrected chi connectivity index (χ0v) is 39.8. The molecule has 8 rings (SSSR count). The number of aromatic nitrogens is 3. The maximum atomic E-state index is 13.2. The average molecular weight is 925 g/mol. The Kier molecular flexibility index (Phi) is 6.62. The minimum Gasteiger partial charge on any atom is -0.507 e. The van der Waals surface area contributed by atoms with E-state index in [-0.39, 0.29) is 45.1 Å². The summed E-state index contributed by atoms with van der Waals surface area (Å²) in [6, 6.07) is 28.8. The normalized spacial score (nSPS) is 19.8. The fourth-order valence-electron chi connectivity index (χ4n) is 8.32. The molecule has 8 aromatic rings. The molecule has 6 aromatic carbocycles. The topological polar surface area (TPSA) is 50.9 Å². The highest BCUT2D eigenvalue weighted by Gasteiger charge is 2.30. The number of nitrogens with zero attached hydrogens (tertiary/aromatic N) is 3. The van der Waals surface area contributed by atoms with Gasteiger partial charge in [-0.2, -0.15) is 0 Å². The number of para-hydroxylation sites is 1. The number of fused-ring (bicyclic) bond motifs is 1. The molecule has 0 atom stereocenters. The molecule has 350 valence electrons. The van der Waals surface area contributed by atoms with Crippen LogP contribution in [0.25, 0.3) is 72.7 Å². The Morgan fingerprint density at radius 1 is 0.574 bits per heavy atom. The summed E-state index contributed by atoms with van der Waals surface area (Å²) < 4.78 is 224. The first-order valence-corrected chi connectivity index (χ1v) is 22.4. The average Bonchev–Trinajstić information content (AvgIpc) is 0.911. The van der Waals surface area contributed by atoms with Crippen LogP contribution < -0.4 is 0 Å². The van der Waals surface area contributed by atoms with Crippen molar-refractivity contribution in [2.45, 2.75) is 138 Å². The third kappa shape index (κ3) is 9.84. The van der Waals surface area contributed by atoms with Gasteiger partial charge in [-0.1, -0.05) is 188 Å². The van der Waals surface area contributed by atoms with Gasteiger partial charge in [0.1, 0.15) is 11.6 Å². The van der Waals surface area contributed by atoms with Crippen LogP contribution in [0.2, 0.25) is 0 Å². The Balaban J connectivity index is 1.62. The van der Waals surface area contributed by atoms with E-state index in [9.17, 15) is 7.85 Å². The van der Waals surface area contributed by atoms with Gasteiger partial charge in [-0.3, -0.25) is 9.55 Å². The zero-order valence-electron chi connectivity index (χ0n) is 64.8. The van der Waals surface area contributed by atoms with Gasteiger partial charge in [0.25, 0.3) is 0 Å². The Morgan fingerprint density at radius 2 is 1.24 bits per heavy atom. The molecular weight excluding hydrogens is 827 g/mol. The summed E-state index contributed by atoms with van der Waals surface area (Å²) in [5.41, 5.74) is -11.1. The van der Waals surface area contributed by atoms with E-state index in [4.69, 9.17) is 36.5 Å². The van der Waals surface area contributed by atoms with E-state index < -0.39 is 116 Å². The maximum Gasteiger partial charge on any atom is 0.149 e. The van der Waals surface area contributed by atoms with Gasteiger partial charge in [0, 0.05) is 60.0 Å². The third-order valence-corrected chi connectivity index (χ3v) is 11.8. The summed E-state index contributed by atoms with van der Waals surface area (Å²) >= 11 is 0. The van der Waals surface area contributed by atoms with Crippen LogP contribution in [0.4, 0.5) is 0 Å². The molecule has 0 saturated heterocycles. The SMILES string of the molecule is [2H]c1c(-c2cc(-c3cccc4c3nc(-c3cc(C(C([2H])([2H])[2H])(C([2H])([2H])[2H])C([2H])([2H])[2H])c([2H])c(C(C([2H])([2H])[2H])(C([2H])([2H])[2H])C([2H])([2H])[2H])c3O)n4-c3ccc(C(C)(C)C)cc3-c3ccccc3)cc(C(C)(C)C)c2)ncc(C([2H])([2H])[2H])c1-c1ccc(C([2H])([2H])C(C)(C)C)cc1. The largest absolute Gasteiger partial charge is 0.507 e. The quantitative estimate of drug-likeness (QED) is 0.173. The van der Waals surface area contributed by atoms with Crippen molar-refractivity contribution in [1.82, 2.24) is 14.5 Å². The lowest BCUT2D eigenvalue weighted by Crippen LogP contribution is -2.17. The van der Waals surface area contributed by atoms with Crippen molar-refractivity contribution in [3.8, 4) is 67.5 Å². The van der Waals surface area contributed by atoms with E-state index in [1.165, 1.54) is 10.8 Å². The van der Waals surface area contributed by atoms with Crippen LogP contribution in [0.1, 0.15) is 171 Å². The Labute approximate surface area is 442 Å². The molecule has 0 fully saturated rings. The van der Waals surface area contributed by atoms with Crippen molar-refractivity contribution >= 4 is 11.0 Å². The van der Waals surface area contributed by atoms with Gasteiger partial charge < -0.3 is 5.11 Å². The van der Waals surface area contributed by atoms with Gasteiger partial charge in [0.05, 0.1) is 30.7 Å². The lowest BCUT2D eigenvalue weighted by atomic mass is 9.79. The molecule has 2 heterocycles. The second-order valence-corrected chi connectivity index (χ2v) is 20.6. The Hall–Kier alpha value is -6.26. The van der Waals surface area contributed by atoms with Crippen LogP contribution in [0.3, 0.4) is 0 Å². The molecule has 4 heteroatoms. The first-order valence-electron chi connectivity index (χ1n) is 34.9. The number of phenolic OH excluding ortho intramolecular Hbond substituents is 1. The van der Waals surface area contributed by atoms with E-state index in [0.717, 1.165) is 5.56 Å². The summed E-state index contributed by atoms with van der Waals surface area (Å²) in [5, 5.41) is 13.2. The first kappa shape index (κ1) is 25.9. The van der Waals surface area contributed by atoms with Crippen molar-refractivity contribution in [2.24, 2.45) is 5.41 Å². The predicted octanol–water partition coefficient (Wildman–Crippen LogP) is 17.5. The minimum absolute atomic E-state index is 0.000926. The predicted molar refractivity (Wildman–Crippen MR) is 290 cm³/mol. The molecule has 0 radical (unpaired) electrons. The smallest absolute Gasteiger partial charge is 0.149 e. The van der Waals surface area contributed by atoms with E-state index in [1.807, 2.05) is 53.7 Å². The second-order valence-electron chi connectivity index (χ2n) is 20.6. The number of phenols is 1. The Morgan fingerprint density at radius 3 is 1.88 bits per heavy atom. The van der Waals surface area contributed by atoms with Gasteiger partial charge >= 0.3 is 0 Å². The highest BCUT2D eigenvalue weighted by atomic mass is 16.3. The number of pyridine rings is 1. The van der Waals surface area contributed by atoms with E-state index in [0.29, 0.717) is 45.0 Å². The molecule has 0 spiro atoms. The third-order valence-electron chi connectivity index (χ3n) is 11.8. The van der Waals surface area contributed by atoms with Crippen LogP contribution in [0.15, 0.2) is 134 Å². The molecule has 0 amide bonds. The molecule has 0 bridgehead atoms. The van der Waals surface area contributed by atoms with Crippen molar-refractivity contribution in [2.75, 3.05) is 0 Å². The highest BCUT2D eigenvalue weighted by molar-refractivity contribution is 5.98. The summed E-state index contributed by atoms with van der Waals surface area (Å²) in [6.07, 6.45) is -0.647. The standard InChI is InChI=1S/C64H73N3O/c1-40-39-65-54(37-50(40)43-27-25-41(26-28-43)38-60(2,3)4)45-31-44(32-47(33-45)62(8,9)10)49-23-20-24-56-57(49)66-59(52-35-48(63(11,12)13)36-53(58(52)68)64(14,15)16)67(56)55-30-29-46(61(5,6)7)34-51(55)42-21-18-17-19-22-42/h17-37,39,68H,38H2,1-16H3/i1D3,11D3,12D3,13D3,14D3,15D3,16D3,36D,37D,38D2. The molecule has 0 aliphatic carbocycles. The lowest BCUT2D eigenvalue weighted by molar-refractivity contribution is 0.411. The van der Waals surface area contributed by atoms with Crippen LogP contribution >= 0.6 is 0 Å². The van der Waals surface area contributed by atoms with Crippen LogP contribution in [0, 0.1) is 12.3 Å². The Bertz CT molecular complexity index is 4090. The van der Waals surface area contributed by atoms with Crippen molar-refractivity contribution in [1.29, 1.82) is 0 Å². The molecule has 2 aromatic heterocycles. The number of benzene rings is 6. The van der Waals surface area contributed by atoms with Crippen molar-refractivity contribution in [3.63, 3.8) is 0 Å². The second kappa shape index (κ2) is 17.4. The molecule has 1 N–H and O–H groups in total. The van der Waals surface area contributed by atoms with Crippen molar-refractivity contribution < 1.29 is 39.4 Å². The molecular formula is C64H73N3O. The fraction of sp³-hybridized carbons (Fsp3) is 0.344. The highest BCUT2D eigenvalue weighted by Crippen LogP contribution is 2.46. The van der Waals surface area contributed by atoms with Gasteiger partial charge in [-0.05, 0) is 133 Å². The van der Waals surface area contributed by atoms with Gasteiger partial charge in [-0.25, -0.2) is 4.98 Å². The van der Waals surface area contributed by atoms with Gasteiger partial charge in [0.2, 0.25) is 0 Å². The molecule has 0 saturated carbocycles. The number of aromatic hydroxyl groups is 1. The minimum atomic E-state index is -4.41. The van der Waals surface area contributed by atoms with E-state index in [1.54, 1.807) is 118 Å². The zero-order chi connectivity index (χ0) is 70.3. The number of hydrogen-bond donors (Lipinski definition) is 1. The summed E-state index contributed by atoms with van der Waals surface area (Å²) in [4.78, 5) is 9.79. The van der Waals surface area contributed by atoms with Crippen LogP contribution in [-0.4, -0.2) is 19.6 Å². The van der Waals surface area contributed by atoms with E-state index >= 15 is 0 Å².